The standard InChI is InChI=1S/C22H30N4O/c1-23-22(24-13-12-20-10-6-7-11-21(20)27-2)26-16-14-25(15-17-26)18-19-8-4-3-5-9-19/h3-11H,12-18H2,1-2H3,(H,23,24). The predicted octanol–water partition coefficient (Wildman–Crippen LogP) is 2.63. The SMILES string of the molecule is CN=C(NCCc1ccccc1OC)N1CCN(Cc2ccccc2)CC1. The first-order valence-electron chi connectivity index (χ1n) is 9.64. The molecule has 0 amide bonds. The Bertz CT molecular complexity index is 724. The van der Waals surface area contributed by atoms with Gasteiger partial charge >= 0.3 is 0 Å². The molecule has 0 bridgehead atoms. The average molecular weight is 367 g/mol. The number of hydrogen-bond donors (Lipinski definition) is 1. The number of methoxy groups -OCH3 is 1. The van der Waals surface area contributed by atoms with Crippen LogP contribution < -0.4 is 10.1 Å². The second-order valence-electron chi connectivity index (χ2n) is 6.78. The molecule has 0 atom stereocenters. The number of rotatable bonds is 6. The second kappa shape index (κ2) is 9.97. The topological polar surface area (TPSA) is 40.1 Å². The Kier molecular flexibility index (Phi) is 7.11. The number of para-hydroxylation sites is 1. The van der Waals surface area contributed by atoms with E-state index in [-0.39, 0.29) is 0 Å². The van der Waals surface area contributed by atoms with E-state index in [1.54, 1.807) is 7.11 Å². The molecule has 1 N–H and O–H groups in total. The van der Waals surface area contributed by atoms with Crippen LogP contribution >= 0.6 is 0 Å². The van der Waals surface area contributed by atoms with Crippen LogP contribution in [-0.2, 0) is 13.0 Å². The maximum absolute atomic E-state index is 5.43. The molecule has 3 rings (SSSR count). The lowest BCUT2D eigenvalue weighted by atomic mass is 10.1. The molecule has 0 aliphatic carbocycles. The second-order valence-corrected chi connectivity index (χ2v) is 6.78. The van der Waals surface area contributed by atoms with Crippen molar-refractivity contribution in [1.82, 2.24) is 15.1 Å². The molecule has 27 heavy (non-hydrogen) atoms. The molecule has 1 fully saturated rings. The van der Waals surface area contributed by atoms with Crippen molar-refractivity contribution in [1.29, 1.82) is 0 Å². The van der Waals surface area contributed by atoms with Crippen molar-refractivity contribution in [3.05, 3.63) is 65.7 Å². The summed E-state index contributed by atoms with van der Waals surface area (Å²) in [7, 11) is 3.59. The molecule has 2 aromatic carbocycles. The van der Waals surface area contributed by atoms with Gasteiger partial charge in [0.2, 0.25) is 0 Å². The number of piperazine rings is 1. The van der Waals surface area contributed by atoms with Gasteiger partial charge in [-0.15, -0.1) is 0 Å². The van der Waals surface area contributed by atoms with E-state index in [1.165, 1.54) is 11.1 Å². The highest BCUT2D eigenvalue weighted by atomic mass is 16.5. The molecule has 5 nitrogen and oxygen atoms in total. The van der Waals surface area contributed by atoms with Crippen LogP contribution in [0.4, 0.5) is 0 Å². The van der Waals surface area contributed by atoms with Crippen LogP contribution in [0.1, 0.15) is 11.1 Å². The first-order valence-corrected chi connectivity index (χ1v) is 9.64. The molecular formula is C22H30N4O. The maximum atomic E-state index is 5.43. The molecule has 0 spiro atoms. The Labute approximate surface area is 162 Å². The molecule has 1 aliphatic rings. The smallest absolute Gasteiger partial charge is 0.193 e. The Hall–Kier alpha value is -2.53. The van der Waals surface area contributed by atoms with Crippen LogP contribution in [0.5, 0.6) is 5.75 Å². The highest BCUT2D eigenvalue weighted by Gasteiger charge is 2.19. The molecule has 5 heteroatoms. The third-order valence-corrected chi connectivity index (χ3v) is 5.00. The molecule has 2 aromatic rings. The summed E-state index contributed by atoms with van der Waals surface area (Å²) in [5.74, 6) is 1.94. The Balaban J connectivity index is 1.45. The Morgan fingerprint density at radius 3 is 2.41 bits per heavy atom. The molecule has 1 saturated heterocycles. The minimum atomic E-state index is 0.845. The van der Waals surface area contributed by atoms with Gasteiger partial charge in [-0.25, -0.2) is 0 Å². The zero-order valence-electron chi connectivity index (χ0n) is 16.4. The van der Waals surface area contributed by atoms with Crippen LogP contribution in [0.2, 0.25) is 0 Å². The highest BCUT2D eigenvalue weighted by Crippen LogP contribution is 2.17. The lowest BCUT2D eigenvalue weighted by molar-refractivity contribution is 0.172. The fourth-order valence-corrected chi connectivity index (χ4v) is 3.51. The van der Waals surface area contributed by atoms with Crippen molar-refractivity contribution in [2.24, 2.45) is 4.99 Å². The Morgan fingerprint density at radius 2 is 1.70 bits per heavy atom. The Morgan fingerprint density at radius 1 is 1.00 bits per heavy atom. The van der Waals surface area contributed by atoms with Crippen molar-refractivity contribution >= 4 is 5.96 Å². The summed E-state index contributed by atoms with van der Waals surface area (Å²) in [6, 6.07) is 18.9. The van der Waals surface area contributed by atoms with E-state index < -0.39 is 0 Å². The molecule has 0 saturated carbocycles. The maximum Gasteiger partial charge on any atom is 0.193 e. The summed E-state index contributed by atoms with van der Waals surface area (Å²) in [4.78, 5) is 9.34. The van der Waals surface area contributed by atoms with Gasteiger partial charge in [0, 0.05) is 46.3 Å². The van der Waals surface area contributed by atoms with E-state index in [2.05, 4.69) is 62.6 Å². The normalized spacial score (nSPS) is 15.6. The lowest BCUT2D eigenvalue weighted by Crippen LogP contribution is -2.52. The van der Waals surface area contributed by atoms with Gasteiger partial charge < -0.3 is 15.0 Å². The fraction of sp³-hybridized carbons (Fsp3) is 0.409. The number of guanidine groups is 1. The zero-order valence-corrected chi connectivity index (χ0v) is 16.4. The highest BCUT2D eigenvalue weighted by molar-refractivity contribution is 5.80. The van der Waals surface area contributed by atoms with Gasteiger partial charge in [0.1, 0.15) is 5.75 Å². The molecule has 144 valence electrons. The van der Waals surface area contributed by atoms with Crippen LogP contribution in [0.15, 0.2) is 59.6 Å². The summed E-state index contributed by atoms with van der Waals surface area (Å²) < 4.78 is 5.43. The molecule has 1 heterocycles. The first kappa shape index (κ1) is 19.2. The average Bonchev–Trinajstić information content (AvgIpc) is 2.73. The first-order chi connectivity index (χ1) is 13.3. The quantitative estimate of drug-likeness (QED) is 0.630. The molecule has 1 aliphatic heterocycles. The third-order valence-electron chi connectivity index (χ3n) is 5.00. The predicted molar refractivity (Wildman–Crippen MR) is 111 cm³/mol. The van der Waals surface area contributed by atoms with Crippen LogP contribution in [0.3, 0.4) is 0 Å². The number of nitrogens with zero attached hydrogens (tertiary/aromatic N) is 3. The van der Waals surface area contributed by atoms with Crippen LogP contribution in [0, 0.1) is 0 Å². The van der Waals surface area contributed by atoms with Gasteiger partial charge in [-0.3, -0.25) is 9.89 Å². The molecular weight excluding hydrogens is 336 g/mol. The van der Waals surface area contributed by atoms with Gasteiger partial charge in [0.05, 0.1) is 7.11 Å². The van der Waals surface area contributed by atoms with Gasteiger partial charge in [-0.1, -0.05) is 48.5 Å². The van der Waals surface area contributed by atoms with E-state index >= 15 is 0 Å². The van der Waals surface area contributed by atoms with Crippen molar-refractivity contribution in [2.75, 3.05) is 46.9 Å². The molecule has 0 radical (unpaired) electrons. The third kappa shape index (κ3) is 5.47. The summed E-state index contributed by atoms with van der Waals surface area (Å²) in [5.41, 5.74) is 2.60. The summed E-state index contributed by atoms with van der Waals surface area (Å²) in [6.45, 7) is 5.98. The molecule has 0 unspecified atom stereocenters. The largest absolute Gasteiger partial charge is 0.496 e. The zero-order chi connectivity index (χ0) is 18.9. The van der Waals surface area contributed by atoms with Crippen molar-refractivity contribution in [3.63, 3.8) is 0 Å². The fourth-order valence-electron chi connectivity index (χ4n) is 3.51. The van der Waals surface area contributed by atoms with E-state index in [1.807, 2.05) is 19.2 Å². The number of nitrogens with one attached hydrogen (secondary N) is 1. The minimum absolute atomic E-state index is 0.845. The van der Waals surface area contributed by atoms with Crippen LogP contribution in [0.25, 0.3) is 0 Å². The number of benzene rings is 2. The van der Waals surface area contributed by atoms with E-state index in [0.717, 1.165) is 57.4 Å². The number of aliphatic imine (C=N–C) groups is 1. The van der Waals surface area contributed by atoms with Crippen LogP contribution in [-0.4, -0.2) is 62.6 Å². The van der Waals surface area contributed by atoms with E-state index in [4.69, 9.17) is 4.74 Å². The number of hydrogen-bond acceptors (Lipinski definition) is 3. The summed E-state index contributed by atoms with van der Waals surface area (Å²) in [5, 5.41) is 3.51. The minimum Gasteiger partial charge on any atom is -0.496 e. The van der Waals surface area contributed by atoms with Crippen molar-refractivity contribution in [2.45, 2.75) is 13.0 Å². The van der Waals surface area contributed by atoms with E-state index in [0.29, 0.717) is 0 Å². The van der Waals surface area contributed by atoms with Gasteiger partial charge in [0.15, 0.2) is 5.96 Å². The molecule has 0 aromatic heterocycles. The van der Waals surface area contributed by atoms with Gasteiger partial charge in [0.25, 0.3) is 0 Å². The number of ether oxygens (including phenoxy) is 1. The van der Waals surface area contributed by atoms with E-state index in [9.17, 15) is 0 Å². The lowest BCUT2D eigenvalue weighted by Gasteiger charge is -2.36. The van der Waals surface area contributed by atoms with Gasteiger partial charge in [-0.05, 0) is 23.6 Å². The summed E-state index contributed by atoms with van der Waals surface area (Å²) in [6.07, 6.45) is 0.914. The summed E-state index contributed by atoms with van der Waals surface area (Å²) >= 11 is 0. The van der Waals surface area contributed by atoms with Gasteiger partial charge in [-0.2, -0.15) is 0 Å². The van der Waals surface area contributed by atoms with Crippen molar-refractivity contribution in [3.8, 4) is 5.75 Å². The monoisotopic (exact) mass is 366 g/mol. The van der Waals surface area contributed by atoms with Crippen molar-refractivity contribution < 1.29 is 4.74 Å².